The third kappa shape index (κ3) is 4.19. The molecular formula is C18H22BrN. The van der Waals surface area contributed by atoms with Gasteiger partial charge in [0.1, 0.15) is 0 Å². The molecular weight excluding hydrogens is 310 g/mol. The molecule has 0 aromatic heterocycles. The zero-order valence-corrected chi connectivity index (χ0v) is 14.0. The number of hydrogen-bond donors (Lipinski definition) is 1. The second kappa shape index (κ2) is 7.05. The lowest BCUT2D eigenvalue weighted by Crippen LogP contribution is -2.29. The maximum Gasteiger partial charge on any atom is 0.0175 e. The summed E-state index contributed by atoms with van der Waals surface area (Å²) >= 11 is 3.48. The SMILES string of the molecule is CNC(Cc1ccc(Br)cc1)Cc1ccc(C)c(C)c1. The van der Waals surface area contributed by atoms with Gasteiger partial charge in [0.15, 0.2) is 0 Å². The zero-order chi connectivity index (χ0) is 14.5. The lowest BCUT2D eigenvalue weighted by Gasteiger charge is -2.17. The Balaban J connectivity index is 2.04. The molecule has 0 saturated carbocycles. The smallest absolute Gasteiger partial charge is 0.0175 e. The van der Waals surface area contributed by atoms with Crippen molar-refractivity contribution in [3.63, 3.8) is 0 Å². The van der Waals surface area contributed by atoms with E-state index in [1.807, 2.05) is 7.05 Å². The Bertz CT molecular complexity index is 560. The maximum absolute atomic E-state index is 3.48. The lowest BCUT2D eigenvalue weighted by atomic mass is 9.97. The molecule has 0 aliphatic carbocycles. The minimum Gasteiger partial charge on any atom is -0.316 e. The predicted octanol–water partition coefficient (Wildman–Crippen LogP) is 4.44. The fraction of sp³-hybridized carbons (Fsp3) is 0.333. The van der Waals surface area contributed by atoms with Crippen LogP contribution in [0.2, 0.25) is 0 Å². The topological polar surface area (TPSA) is 12.0 Å². The van der Waals surface area contributed by atoms with Gasteiger partial charge in [0.2, 0.25) is 0 Å². The van der Waals surface area contributed by atoms with E-state index in [2.05, 4.69) is 77.6 Å². The maximum atomic E-state index is 3.48. The third-order valence-corrected chi connectivity index (χ3v) is 4.39. The summed E-state index contributed by atoms with van der Waals surface area (Å²) in [6.07, 6.45) is 2.12. The highest BCUT2D eigenvalue weighted by atomic mass is 79.9. The minimum atomic E-state index is 0.471. The fourth-order valence-corrected chi connectivity index (χ4v) is 2.66. The van der Waals surface area contributed by atoms with Gasteiger partial charge in [-0.05, 0) is 68.1 Å². The highest BCUT2D eigenvalue weighted by Crippen LogP contribution is 2.15. The van der Waals surface area contributed by atoms with Crippen molar-refractivity contribution >= 4 is 15.9 Å². The molecule has 0 bridgehead atoms. The molecule has 0 heterocycles. The second-order valence-electron chi connectivity index (χ2n) is 5.44. The number of aryl methyl sites for hydroxylation is 2. The number of nitrogens with one attached hydrogen (secondary N) is 1. The van der Waals surface area contributed by atoms with Crippen LogP contribution < -0.4 is 5.32 Å². The predicted molar refractivity (Wildman–Crippen MR) is 90.3 cm³/mol. The quantitative estimate of drug-likeness (QED) is 0.854. The molecule has 0 aliphatic heterocycles. The van der Waals surface area contributed by atoms with Crippen molar-refractivity contribution in [2.45, 2.75) is 32.7 Å². The third-order valence-electron chi connectivity index (χ3n) is 3.86. The van der Waals surface area contributed by atoms with Gasteiger partial charge in [-0.25, -0.2) is 0 Å². The average Bonchev–Trinajstić information content (AvgIpc) is 2.44. The Morgan fingerprint density at radius 1 is 0.900 bits per heavy atom. The van der Waals surface area contributed by atoms with Crippen LogP contribution in [-0.4, -0.2) is 13.1 Å². The van der Waals surface area contributed by atoms with Gasteiger partial charge in [0.05, 0.1) is 0 Å². The van der Waals surface area contributed by atoms with Crippen LogP contribution in [0.25, 0.3) is 0 Å². The average molecular weight is 332 g/mol. The molecule has 0 spiro atoms. The van der Waals surface area contributed by atoms with Gasteiger partial charge in [-0.2, -0.15) is 0 Å². The Hall–Kier alpha value is -1.12. The minimum absolute atomic E-state index is 0.471. The first-order chi connectivity index (χ1) is 9.58. The summed E-state index contributed by atoms with van der Waals surface area (Å²) in [5.74, 6) is 0. The van der Waals surface area contributed by atoms with Crippen LogP contribution in [0.3, 0.4) is 0 Å². The van der Waals surface area contributed by atoms with E-state index in [1.165, 1.54) is 22.3 Å². The summed E-state index contributed by atoms with van der Waals surface area (Å²) < 4.78 is 1.14. The molecule has 106 valence electrons. The molecule has 1 nitrogen and oxygen atoms in total. The monoisotopic (exact) mass is 331 g/mol. The van der Waals surface area contributed by atoms with Crippen molar-refractivity contribution in [2.75, 3.05) is 7.05 Å². The van der Waals surface area contributed by atoms with Crippen LogP contribution in [0, 0.1) is 13.8 Å². The lowest BCUT2D eigenvalue weighted by molar-refractivity contribution is 0.556. The van der Waals surface area contributed by atoms with Crippen molar-refractivity contribution in [1.82, 2.24) is 5.32 Å². The second-order valence-corrected chi connectivity index (χ2v) is 6.35. The summed E-state index contributed by atoms with van der Waals surface area (Å²) in [6.45, 7) is 4.35. The first-order valence-corrected chi connectivity index (χ1v) is 7.85. The van der Waals surface area contributed by atoms with Gasteiger partial charge in [-0.3, -0.25) is 0 Å². The van der Waals surface area contributed by atoms with Crippen molar-refractivity contribution in [3.05, 3.63) is 69.2 Å². The van der Waals surface area contributed by atoms with Crippen molar-refractivity contribution in [2.24, 2.45) is 0 Å². The van der Waals surface area contributed by atoms with Crippen LogP contribution >= 0.6 is 15.9 Å². The normalized spacial score (nSPS) is 12.4. The molecule has 2 aromatic carbocycles. The zero-order valence-electron chi connectivity index (χ0n) is 12.4. The van der Waals surface area contributed by atoms with Crippen molar-refractivity contribution in [3.8, 4) is 0 Å². The molecule has 0 aliphatic rings. The Morgan fingerprint density at radius 3 is 2.10 bits per heavy atom. The molecule has 0 radical (unpaired) electrons. The van der Waals surface area contributed by atoms with Crippen LogP contribution in [0.5, 0.6) is 0 Å². The van der Waals surface area contributed by atoms with E-state index in [4.69, 9.17) is 0 Å². The van der Waals surface area contributed by atoms with Crippen LogP contribution in [-0.2, 0) is 12.8 Å². The van der Waals surface area contributed by atoms with E-state index >= 15 is 0 Å². The molecule has 0 amide bonds. The molecule has 20 heavy (non-hydrogen) atoms. The van der Waals surface area contributed by atoms with Gasteiger partial charge < -0.3 is 5.32 Å². The fourth-order valence-electron chi connectivity index (χ4n) is 2.40. The Kier molecular flexibility index (Phi) is 5.38. The van der Waals surface area contributed by atoms with Gasteiger partial charge in [-0.1, -0.05) is 46.3 Å². The molecule has 1 N–H and O–H groups in total. The molecule has 1 atom stereocenters. The van der Waals surface area contributed by atoms with E-state index in [0.29, 0.717) is 6.04 Å². The number of halogens is 1. The summed E-state index contributed by atoms with van der Waals surface area (Å²) in [6, 6.07) is 15.8. The van der Waals surface area contributed by atoms with E-state index in [0.717, 1.165) is 17.3 Å². The van der Waals surface area contributed by atoms with Gasteiger partial charge in [0, 0.05) is 10.5 Å². The molecule has 2 aromatic rings. The van der Waals surface area contributed by atoms with Gasteiger partial charge >= 0.3 is 0 Å². The van der Waals surface area contributed by atoms with Crippen molar-refractivity contribution < 1.29 is 0 Å². The van der Waals surface area contributed by atoms with Crippen LogP contribution in [0.1, 0.15) is 22.3 Å². The highest BCUT2D eigenvalue weighted by molar-refractivity contribution is 9.10. The van der Waals surface area contributed by atoms with E-state index in [1.54, 1.807) is 0 Å². The Morgan fingerprint density at radius 2 is 1.50 bits per heavy atom. The summed E-state index contributed by atoms with van der Waals surface area (Å²) in [4.78, 5) is 0. The summed E-state index contributed by atoms with van der Waals surface area (Å²) in [5.41, 5.74) is 5.52. The first-order valence-electron chi connectivity index (χ1n) is 7.06. The van der Waals surface area contributed by atoms with E-state index in [9.17, 15) is 0 Å². The molecule has 0 saturated heterocycles. The summed E-state index contributed by atoms with van der Waals surface area (Å²) in [5, 5.41) is 3.44. The van der Waals surface area contributed by atoms with Gasteiger partial charge in [-0.15, -0.1) is 0 Å². The van der Waals surface area contributed by atoms with Crippen molar-refractivity contribution in [1.29, 1.82) is 0 Å². The number of benzene rings is 2. The molecule has 2 rings (SSSR count). The first kappa shape index (κ1) is 15.3. The largest absolute Gasteiger partial charge is 0.316 e. The number of hydrogen-bond acceptors (Lipinski definition) is 1. The summed E-state index contributed by atoms with van der Waals surface area (Å²) in [7, 11) is 2.05. The van der Waals surface area contributed by atoms with E-state index < -0.39 is 0 Å². The molecule has 1 unspecified atom stereocenters. The Labute approximate surface area is 130 Å². The standard InChI is InChI=1S/C18H22BrN/c1-13-4-5-16(10-14(13)2)12-18(20-3)11-15-6-8-17(19)9-7-15/h4-10,18,20H,11-12H2,1-3H3. The molecule has 2 heteroatoms. The van der Waals surface area contributed by atoms with Crippen LogP contribution in [0.4, 0.5) is 0 Å². The molecule has 0 fully saturated rings. The van der Waals surface area contributed by atoms with Gasteiger partial charge in [0.25, 0.3) is 0 Å². The number of likely N-dealkylation sites (N-methyl/N-ethyl adjacent to an activating group) is 1. The van der Waals surface area contributed by atoms with E-state index in [-0.39, 0.29) is 0 Å². The number of rotatable bonds is 5. The van der Waals surface area contributed by atoms with Crippen LogP contribution in [0.15, 0.2) is 46.9 Å². The highest BCUT2D eigenvalue weighted by Gasteiger charge is 2.09.